The average molecular weight is 2010 g/mol. The van der Waals surface area contributed by atoms with E-state index in [-0.39, 0.29) is 0 Å². The number of aliphatic hydroxyl groups is 29. The molecule has 55 atom stereocenters. The quantitative estimate of drug-likeness (QED) is 0.0277. The lowest BCUT2D eigenvalue weighted by molar-refractivity contribution is -0.406. The van der Waals surface area contributed by atoms with E-state index in [0.717, 1.165) is 34.6 Å². The molecule has 0 aromatic carbocycles. The number of rotatable bonds is 36. The molecule has 11 fully saturated rings. The molecule has 0 spiro atoms. The molecular formula is C76H128N6O55. The molecule has 11 saturated heterocycles. The molecule has 61 heteroatoms. The van der Waals surface area contributed by atoms with Gasteiger partial charge < -0.3 is 280 Å². The van der Waals surface area contributed by atoms with E-state index in [2.05, 4.69) is 26.6 Å². The summed E-state index contributed by atoms with van der Waals surface area (Å²) in [4.78, 5) is 65.2. The maximum atomic E-state index is 13.4. The van der Waals surface area contributed by atoms with Crippen LogP contribution in [0.1, 0.15) is 34.6 Å². The monoisotopic (exact) mass is 2000 g/mol. The van der Waals surface area contributed by atoms with Crippen molar-refractivity contribution in [3.63, 3.8) is 0 Å². The van der Waals surface area contributed by atoms with Gasteiger partial charge in [0.05, 0.1) is 66.1 Å². The van der Waals surface area contributed by atoms with Gasteiger partial charge in [0, 0.05) is 41.2 Å². The van der Waals surface area contributed by atoms with Crippen molar-refractivity contribution in [3.05, 3.63) is 0 Å². The molecule has 61 nitrogen and oxygen atoms in total. The predicted octanol–water partition coefficient (Wildman–Crippen LogP) is -24.3. The fourth-order valence-corrected chi connectivity index (χ4v) is 17.9. The molecule has 137 heavy (non-hydrogen) atoms. The van der Waals surface area contributed by atoms with E-state index in [9.17, 15) is 172 Å². The Labute approximate surface area is 775 Å². The highest BCUT2D eigenvalue weighted by molar-refractivity contribution is 5.75. The molecule has 5 amide bonds. The summed E-state index contributed by atoms with van der Waals surface area (Å²) in [6.07, 6.45) is -108. The summed E-state index contributed by atoms with van der Waals surface area (Å²) >= 11 is 0. The summed E-state index contributed by atoms with van der Waals surface area (Å²) < 4.78 is 127. The minimum Gasteiger partial charge on any atom is -0.394 e. The van der Waals surface area contributed by atoms with Crippen LogP contribution in [-0.4, -0.2) is 588 Å². The highest BCUT2D eigenvalue weighted by atomic mass is 16.8. The summed E-state index contributed by atoms with van der Waals surface area (Å²) in [6, 6.07) is -9.87. The second-order valence-corrected chi connectivity index (χ2v) is 34.6. The van der Waals surface area contributed by atoms with Gasteiger partial charge >= 0.3 is 0 Å². The third-order valence-electron chi connectivity index (χ3n) is 25.0. The van der Waals surface area contributed by atoms with Gasteiger partial charge in [-0.15, -0.1) is 0 Å². The molecule has 11 heterocycles. The number of hydrogen-bond donors (Lipinski definition) is 35. The topological polar surface area (TPSA) is 952 Å². The zero-order chi connectivity index (χ0) is 101. The van der Waals surface area contributed by atoms with Crippen LogP contribution in [0.2, 0.25) is 0 Å². The molecule has 792 valence electrons. The zero-order valence-corrected chi connectivity index (χ0v) is 73.7. The van der Waals surface area contributed by atoms with Crippen molar-refractivity contribution in [1.29, 1.82) is 0 Å². The van der Waals surface area contributed by atoms with E-state index in [0.29, 0.717) is 0 Å². The molecule has 36 N–H and O–H groups in total. The van der Waals surface area contributed by atoms with E-state index in [4.69, 9.17) is 105 Å². The normalized spacial score (nSPS) is 48.9. The third kappa shape index (κ3) is 25.0. The molecule has 0 aromatic rings. The Morgan fingerprint density at radius 2 is 0.438 bits per heavy atom. The Hall–Kier alpha value is -4.69. The van der Waals surface area contributed by atoms with Gasteiger partial charge in [0.1, 0.15) is 268 Å². The summed E-state index contributed by atoms with van der Waals surface area (Å²) in [7, 11) is 0. The van der Waals surface area contributed by atoms with Crippen LogP contribution in [-0.2, 0) is 123 Å². The zero-order valence-electron chi connectivity index (χ0n) is 73.7. The lowest BCUT2D eigenvalue weighted by Crippen LogP contribution is -2.71. The van der Waals surface area contributed by atoms with E-state index >= 15 is 0 Å². The Kier molecular flexibility index (Phi) is 40.7. The number of carbonyl (C=O) groups excluding carboxylic acids is 5. The molecule has 11 aliphatic rings. The van der Waals surface area contributed by atoms with Gasteiger partial charge in [0.25, 0.3) is 0 Å². The van der Waals surface area contributed by atoms with Gasteiger partial charge in [-0.25, -0.2) is 0 Å². The van der Waals surface area contributed by atoms with Crippen LogP contribution in [0.5, 0.6) is 0 Å². The van der Waals surface area contributed by atoms with Crippen LogP contribution in [0.3, 0.4) is 0 Å². The molecule has 1 unspecified atom stereocenters. The van der Waals surface area contributed by atoms with E-state index in [1.165, 1.54) is 0 Å². The first-order valence-electron chi connectivity index (χ1n) is 43.7. The van der Waals surface area contributed by atoms with Crippen molar-refractivity contribution in [3.8, 4) is 0 Å². The van der Waals surface area contributed by atoms with Crippen molar-refractivity contribution in [2.75, 3.05) is 72.6 Å². The number of amides is 5. The molecule has 0 aliphatic carbocycles. The molecule has 0 bridgehead atoms. The standard InChI is InChI=1S/C76H128N6O55/c1-17(92)78-33-43(102)57(26(10-86)118-66(33)116)129-67-34(79-18(2)93)45(104)61(30(14-90)123-67)134-74-56(115)63(42(101)32(128-74)16-117-75-64(51(110)41(100)25(9-85)122-75)136-69-36(81-20(4)95)46(105)59(28(12-88)125-69)132-72-53(112)49(108)39(98)23(7-83)120-72)135-76-65(137-70-37(82-21(5)96)47(106)60(29(13-89)126-70)133-73-54(113)50(109)40(99)24(8-84)121-73)55(114)62(31(15-91)127-76)130-68-35(80-19(3)94)44(103)58(27(11-87)124-68)131-71-52(111)48(107)38(97)22(6-77)119-71/h22-76,83-91,97-116H,6-16,77H2,1-5H3,(H,78,92)(H,79,93)(H,80,94)(H,81,95)(H,82,96)/t22-,23-,24-,25-,26-,27-,28-,29-,30-,31-,32-,33-,34-,35-,36-,37-,38+,39+,40+,41-,42-,43-,44-,45-,46-,47-,48+,49+,50+,51+,52-,53-,54-,55+,56+,57-,58-,59-,60-,61-,62-,63+,64+,65+,66?,67+,68+,69+,70+,71+,72+,73+,74+,75+,76-/m1/s1. The first-order chi connectivity index (χ1) is 64.9. The van der Waals surface area contributed by atoms with Gasteiger partial charge in [0.2, 0.25) is 29.5 Å². The second-order valence-electron chi connectivity index (χ2n) is 34.6. The first-order valence-corrected chi connectivity index (χ1v) is 43.7. The number of aliphatic hydroxyl groups excluding tert-OH is 29. The van der Waals surface area contributed by atoms with Crippen LogP contribution in [0.25, 0.3) is 0 Å². The Balaban J connectivity index is 0.983. The Bertz CT molecular complexity index is 3780. The Morgan fingerprint density at radius 3 is 0.759 bits per heavy atom. The average Bonchev–Trinajstić information content (AvgIpc) is 0.747. The minimum absolute atomic E-state index is 0.495. The van der Waals surface area contributed by atoms with E-state index in [1.54, 1.807) is 0 Å². The van der Waals surface area contributed by atoms with Crippen LogP contribution in [0.4, 0.5) is 0 Å². The second kappa shape index (κ2) is 49.5. The van der Waals surface area contributed by atoms with E-state index in [1.807, 2.05) is 0 Å². The van der Waals surface area contributed by atoms with Gasteiger partial charge in [-0.3, -0.25) is 24.0 Å². The number of nitrogens with two attached hydrogens (primary N) is 1. The number of nitrogens with one attached hydrogen (secondary N) is 5. The summed E-state index contributed by atoms with van der Waals surface area (Å²) in [5.41, 5.74) is 5.75. The lowest BCUT2D eigenvalue weighted by Gasteiger charge is -2.52. The summed E-state index contributed by atoms with van der Waals surface area (Å²) in [5, 5.41) is 340. The fourth-order valence-electron chi connectivity index (χ4n) is 17.9. The van der Waals surface area contributed by atoms with Crippen molar-refractivity contribution in [2.24, 2.45) is 5.73 Å². The number of carbonyl (C=O) groups is 5. The van der Waals surface area contributed by atoms with Gasteiger partial charge in [-0.05, 0) is 0 Å². The van der Waals surface area contributed by atoms with Gasteiger partial charge in [-0.2, -0.15) is 0 Å². The minimum atomic E-state index is -2.75. The summed E-state index contributed by atoms with van der Waals surface area (Å²) in [6.45, 7) is -7.79. The van der Waals surface area contributed by atoms with E-state index < -0.39 is 440 Å². The van der Waals surface area contributed by atoms with Gasteiger partial charge in [0.15, 0.2) is 69.2 Å². The molecule has 0 aromatic heterocycles. The van der Waals surface area contributed by atoms with Crippen molar-refractivity contribution >= 4 is 29.5 Å². The van der Waals surface area contributed by atoms with Crippen LogP contribution < -0.4 is 32.3 Å². The SMILES string of the molecule is CC(=O)N[C@H]1[C@H](O[C@H]2[C@H](O)[C@@H](NC(C)=O)C(O)O[C@@H]2CO)O[C@H](CO)[C@@H](O[C@@H]2O[C@H](CO[C@H]3O[C@H](CO)[C@@H](O)[C@H](O)[C@@H]3O[C@@H]3O[C@H](CO)[C@@H](O[C@@H]4O[C@H](CO)[C@H](O)[C@H](O)[C@H]4O)[C@H](O)[C@H]3NC(C)=O)[C@@H](O)[C@H](O[C@H]3O[C@H](CO)[C@@H](O[C@@H]4O[C@H](CO)[C@@H](O[C@@H]5O[C@H](CN)[C@H](O)[C@H](O)[C@H]5O)[C@H](O)[C@H]4NC(C)=O)[C@H](O)[C@@H]3O[C@@H]3O[C@H](CO)[C@@H](O[C@@H]4O[C@H](CO)[C@H](O)[C@H](O)[C@H]4O)[C@H](O)[C@H]3NC(C)=O)[C@@H]2O)[C@@H]1O. The predicted molar refractivity (Wildman–Crippen MR) is 422 cm³/mol. The molecular weight excluding hydrogens is 1880 g/mol. The van der Waals surface area contributed by atoms with Gasteiger partial charge in [-0.1, -0.05) is 0 Å². The largest absolute Gasteiger partial charge is 0.394 e. The first kappa shape index (κ1) is 113. The summed E-state index contributed by atoms with van der Waals surface area (Å²) in [5.74, 6) is -4.87. The van der Waals surface area contributed by atoms with Crippen LogP contribution >= 0.6 is 0 Å². The highest BCUT2D eigenvalue weighted by Crippen LogP contribution is 2.42. The number of ether oxygens (including phenoxy) is 21. The molecule has 0 saturated carbocycles. The molecule has 0 radical (unpaired) electrons. The molecule has 11 rings (SSSR count). The van der Waals surface area contributed by atoms with Crippen molar-refractivity contribution in [1.82, 2.24) is 26.6 Å². The highest BCUT2D eigenvalue weighted by Gasteiger charge is 2.63. The van der Waals surface area contributed by atoms with Crippen LogP contribution in [0.15, 0.2) is 0 Å². The smallest absolute Gasteiger partial charge is 0.217 e. The Morgan fingerprint density at radius 1 is 0.212 bits per heavy atom. The number of hydrogen-bond acceptors (Lipinski definition) is 56. The maximum Gasteiger partial charge on any atom is 0.217 e. The maximum absolute atomic E-state index is 13.4. The van der Waals surface area contributed by atoms with Crippen molar-refractivity contribution < 1.29 is 272 Å². The third-order valence-corrected chi connectivity index (χ3v) is 25.0. The van der Waals surface area contributed by atoms with Crippen molar-refractivity contribution in [2.45, 2.75) is 372 Å². The molecule has 11 aliphatic heterocycles. The lowest BCUT2D eigenvalue weighted by atomic mass is 9.93. The fraction of sp³-hybridized carbons (Fsp3) is 0.934. The van der Waals surface area contributed by atoms with Crippen LogP contribution in [0, 0.1) is 0 Å².